The molecule has 5 heteroatoms. The van der Waals surface area contributed by atoms with Gasteiger partial charge in [0.15, 0.2) is 0 Å². The highest BCUT2D eigenvalue weighted by Gasteiger charge is 2.14. The number of rotatable bonds is 6. The molecule has 2 rings (SSSR count). The Bertz CT molecular complexity index is 473. The van der Waals surface area contributed by atoms with Gasteiger partial charge >= 0.3 is 0 Å². The van der Waals surface area contributed by atoms with Crippen LogP contribution in [0.2, 0.25) is 0 Å². The predicted molar refractivity (Wildman–Crippen MR) is 73.0 cm³/mol. The highest BCUT2D eigenvalue weighted by molar-refractivity contribution is 7.07. The number of nitrogens with one attached hydrogen (secondary N) is 1. The van der Waals surface area contributed by atoms with Crippen LogP contribution >= 0.6 is 11.3 Å². The number of aromatic nitrogens is 2. The average molecular weight is 263 g/mol. The zero-order valence-corrected chi connectivity index (χ0v) is 11.4. The second-order valence-electron chi connectivity index (χ2n) is 3.93. The Morgan fingerprint density at radius 1 is 1.44 bits per heavy atom. The van der Waals surface area contributed by atoms with Crippen LogP contribution in [-0.2, 0) is 6.42 Å². The fraction of sp³-hybridized carbons (Fsp3) is 0.385. The number of methoxy groups -OCH3 is 1. The summed E-state index contributed by atoms with van der Waals surface area (Å²) in [5.41, 5.74) is 2.29. The van der Waals surface area contributed by atoms with Crippen molar-refractivity contribution in [2.45, 2.75) is 19.4 Å². The van der Waals surface area contributed by atoms with E-state index in [1.807, 2.05) is 6.07 Å². The first-order valence-corrected chi connectivity index (χ1v) is 6.88. The van der Waals surface area contributed by atoms with Crippen LogP contribution in [0.25, 0.3) is 0 Å². The van der Waals surface area contributed by atoms with Gasteiger partial charge in [0.05, 0.1) is 18.8 Å². The second-order valence-corrected chi connectivity index (χ2v) is 4.71. The van der Waals surface area contributed by atoms with Gasteiger partial charge < -0.3 is 10.1 Å². The molecule has 96 valence electrons. The van der Waals surface area contributed by atoms with E-state index in [0.717, 1.165) is 18.7 Å². The molecule has 1 N–H and O–H groups in total. The lowest BCUT2D eigenvalue weighted by Crippen LogP contribution is -2.23. The van der Waals surface area contributed by atoms with Crippen molar-refractivity contribution in [3.05, 3.63) is 40.5 Å². The molecule has 18 heavy (non-hydrogen) atoms. The van der Waals surface area contributed by atoms with Gasteiger partial charge in [0.2, 0.25) is 5.88 Å². The number of ether oxygens (including phenoxy) is 1. The normalized spacial score (nSPS) is 12.3. The van der Waals surface area contributed by atoms with Crippen molar-refractivity contribution in [3.63, 3.8) is 0 Å². The molecule has 0 aliphatic carbocycles. The van der Waals surface area contributed by atoms with Crippen LogP contribution in [0, 0.1) is 0 Å². The third kappa shape index (κ3) is 3.27. The molecule has 0 saturated heterocycles. The van der Waals surface area contributed by atoms with E-state index in [-0.39, 0.29) is 6.04 Å². The van der Waals surface area contributed by atoms with Crippen molar-refractivity contribution in [3.8, 4) is 5.88 Å². The number of likely N-dealkylation sites (N-methyl/N-ethyl adjacent to an activating group) is 1. The first-order valence-electron chi connectivity index (χ1n) is 5.94. The van der Waals surface area contributed by atoms with Gasteiger partial charge in [-0.2, -0.15) is 11.3 Å². The molecule has 0 saturated carbocycles. The molecule has 2 heterocycles. The predicted octanol–water partition coefficient (Wildman–Crippen LogP) is 2.44. The monoisotopic (exact) mass is 263 g/mol. The zero-order valence-electron chi connectivity index (χ0n) is 10.6. The summed E-state index contributed by atoms with van der Waals surface area (Å²) in [6, 6.07) is 4.23. The maximum Gasteiger partial charge on any atom is 0.216 e. The highest BCUT2D eigenvalue weighted by atomic mass is 32.1. The molecule has 0 bridgehead atoms. The molecule has 0 aliphatic rings. The molecule has 4 nitrogen and oxygen atoms in total. The smallest absolute Gasteiger partial charge is 0.216 e. The van der Waals surface area contributed by atoms with Gasteiger partial charge in [-0.15, -0.1) is 0 Å². The molecular weight excluding hydrogens is 246 g/mol. The zero-order chi connectivity index (χ0) is 12.8. The quantitative estimate of drug-likeness (QED) is 0.869. The third-order valence-corrected chi connectivity index (χ3v) is 3.43. The summed E-state index contributed by atoms with van der Waals surface area (Å²) in [6.07, 6.45) is 2.48. The SMILES string of the molecule is CCNC(Cc1ccsc1)c1cc(OC)ncn1. The lowest BCUT2D eigenvalue weighted by Gasteiger charge is -2.17. The number of thiophene rings is 1. The minimum atomic E-state index is 0.196. The second kappa shape index (κ2) is 6.47. The van der Waals surface area contributed by atoms with Crippen molar-refractivity contribution in [1.29, 1.82) is 0 Å². The standard InChI is InChI=1S/C13H17N3OS/c1-3-14-11(6-10-4-5-18-8-10)12-7-13(17-2)16-9-15-12/h4-5,7-9,11,14H,3,6H2,1-2H3. The fourth-order valence-corrected chi connectivity index (χ4v) is 2.51. The summed E-state index contributed by atoms with van der Waals surface area (Å²) < 4.78 is 5.14. The maximum absolute atomic E-state index is 5.14. The van der Waals surface area contributed by atoms with Gasteiger partial charge in [0, 0.05) is 6.07 Å². The summed E-state index contributed by atoms with van der Waals surface area (Å²) in [5, 5.41) is 7.71. The van der Waals surface area contributed by atoms with E-state index in [0.29, 0.717) is 5.88 Å². The van der Waals surface area contributed by atoms with Gasteiger partial charge in [-0.3, -0.25) is 0 Å². The van der Waals surface area contributed by atoms with Gasteiger partial charge in [-0.05, 0) is 35.4 Å². The van der Waals surface area contributed by atoms with E-state index in [2.05, 4.69) is 39.0 Å². The Kier molecular flexibility index (Phi) is 4.66. The molecule has 0 amide bonds. The third-order valence-electron chi connectivity index (χ3n) is 2.70. The average Bonchev–Trinajstić information content (AvgIpc) is 2.91. The molecule has 2 aromatic rings. The molecule has 2 aromatic heterocycles. The minimum Gasteiger partial charge on any atom is -0.481 e. The Labute approximate surface area is 111 Å². The van der Waals surface area contributed by atoms with E-state index in [1.54, 1.807) is 24.8 Å². The molecular formula is C13H17N3OS. The minimum absolute atomic E-state index is 0.196. The summed E-state index contributed by atoms with van der Waals surface area (Å²) in [4.78, 5) is 8.38. The van der Waals surface area contributed by atoms with Gasteiger partial charge in [-0.25, -0.2) is 9.97 Å². The largest absolute Gasteiger partial charge is 0.481 e. The lowest BCUT2D eigenvalue weighted by molar-refractivity contribution is 0.394. The van der Waals surface area contributed by atoms with Crippen molar-refractivity contribution in [2.75, 3.05) is 13.7 Å². The topological polar surface area (TPSA) is 47.0 Å². The molecule has 1 unspecified atom stereocenters. The lowest BCUT2D eigenvalue weighted by atomic mass is 10.1. The van der Waals surface area contributed by atoms with E-state index in [9.17, 15) is 0 Å². The van der Waals surface area contributed by atoms with Crippen LogP contribution in [0.3, 0.4) is 0 Å². The fourth-order valence-electron chi connectivity index (χ4n) is 1.83. The molecule has 0 spiro atoms. The first kappa shape index (κ1) is 13.0. The van der Waals surface area contributed by atoms with Gasteiger partial charge in [0.25, 0.3) is 0 Å². The molecule has 0 aromatic carbocycles. The van der Waals surface area contributed by atoms with Crippen LogP contribution in [-0.4, -0.2) is 23.6 Å². The van der Waals surface area contributed by atoms with E-state index in [1.165, 1.54) is 5.56 Å². The Balaban J connectivity index is 2.17. The van der Waals surface area contributed by atoms with Crippen molar-refractivity contribution in [1.82, 2.24) is 15.3 Å². The van der Waals surface area contributed by atoms with Crippen LogP contribution in [0.1, 0.15) is 24.2 Å². The summed E-state index contributed by atoms with van der Waals surface area (Å²) in [7, 11) is 1.62. The summed E-state index contributed by atoms with van der Waals surface area (Å²) >= 11 is 1.72. The van der Waals surface area contributed by atoms with Crippen LogP contribution in [0.15, 0.2) is 29.2 Å². The van der Waals surface area contributed by atoms with Gasteiger partial charge in [-0.1, -0.05) is 6.92 Å². The molecule has 0 fully saturated rings. The Morgan fingerprint density at radius 2 is 2.33 bits per heavy atom. The van der Waals surface area contributed by atoms with Crippen molar-refractivity contribution < 1.29 is 4.74 Å². The number of hydrogen-bond acceptors (Lipinski definition) is 5. The molecule has 0 radical (unpaired) electrons. The summed E-state index contributed by atoms with van der Waals surface area (Å²) in [6.45, 7) is 3.00. The van der Waals surface area contributed by atoms with Crippen LogP contribution in [0.4, 0.5) is 0 Å². The van der Waals surface area contributed by atoms with E-state index >= 15 is 0 Å². The van der Waals surface area contributed by atoms with Gasteiger partial charge in [0.1, 0.15) is 6.33 Å². The summed E-state index contributed by atoms with van der Waals surface area (Å²) in [5.74, 6) is 0.605. The number of hydrogen-bond donors (Lipinski definition) is 1. The molecule has 1 atom stereocenters. The highest BCUT2D eigenvalue weighted by Crippen LogP contribution is 2.20. The number of nitrogens with zero attached hydrogens (tertiary/aromatic N) is 2. The van der Waals surface area contributed by atoms with Crippen LogP contribution < -0.4 is 10.1 Å². The van der Waals surface area contributed by atoms with Crippen molar-refractivity contribution in [2.24, 2.45) is 0 Å². The Hall–Kier alpha value is -1.46. The van der Waals surface area contributed by atoms with Crippen molar-refractivity contribution >= 4 is 11.3 Å². The van der Waals surface area contributed by atoms with Crippen LogP contribution in [0.5, 0.6) is 5.88 Å². The maximum atomic E-state index is 5.14. The van der Waals surface area contributed by atoms with E-state index in [4.69, 9.17) is 4.74 Å². The van der Waals surface area contributed by atoms with E-state index < -0.39 is 0 Å². The first-order chi connectivity index (χ1) is 8.83. The molecule has 0 aliphatic heterocycles. The Morgan fingerprint density at radius 3 is 3.00 bits per heavy atom.